The van der Waals surface area contributed by atoms with Gasteiger partial charge in [-0.2, -0.15) is 4.39 Å². The highest BCUT2D eigenvalue weighted by Gasteiger charge is 2.32. The molecule has 100 valence electrons. The Balaban J connectivity index is 1.86. The summed E-state index contributed by atoms with van der Waals surface area (Å²) < 4.78 is 12.9. The van der Waals surface area contributed by atoms with Crippen LogP contribution in [0.5, 0.6) is 0 Å². The van der Waals surface area contributed by atoms with Gasteiger partial charge in [0.2, 0.25) is 5.95 Å². The van der Waals surface area contributed by atoms with Crippen molar-refractivity contribution in [1.29, 1.82) is 0 Å². The molecule has 2 N–H and O–H groups in total. The molecule has 0 aromatic carbocycles. The zero-order valence-electron chi connectivity index (χ0n) is 10.8. The molecule has 0 bridgehead atoms. The topological polar surface area (TPSA) is 45.1 Å². The lowest BCUT2D eigenvalue weighted by atomic mass is 9.78. The molecule has 1 saturated carbocycles. The van der Waals surface area contributed by atoms with Gasteiger partial charge in [0.15, 0.2) is 0 Å². The van der Waals surface area contributed by atoms with E-state index in [1.807, 2.05) is 0 Å². The molecule has 1 heterocycles. The number of halogens is 1. The molecule has 0 amide bonds. The van der Waals surface area contributed by atoms with Crippen molar-refractivity contribution in [3.8, 4) is 0 Å². The van der Waals surface area contributed by atoms with Crippen LogP contribution in [0.25, 0.3) is 0 Å². The van der Waals surface area contributed by atoms with Gasteiger partial charge in [-0.05, 0) is 37.7 Å². The van der Waals surface area contributed by atoms with Gasteiger partial charge in [0.1, 0.15) is 0 Å². The van der Waals surface area contributed by atoms with E-state index in [1.165, 1.54) is 18.7 Å². The van der Waals surface area contributed by atoms with E-state index in [1.54, 1.807) is 6.07 Å². The molecule has 4 heteroatoms. The van der Waals surface area contributed by atoms with Crippen LogP contribution in [0.3, 0.4) is 0 Å². The van der Waals surface area contributed by atoms with E-state index in [2.05, 4.69) is 17.2 Å². The van der Waals surface area contributed by atoms with Crippen LogP contribution in [-0.4, -0.2) is 22.2 Å². The minimum Gasteiger partial charge on any atom is -0.388 e. The van der Waals surface area contributed by atoms with Gasteiger partial charge in [0, 0.05) is 24.5 Å². The van der Waals surface area contributed by atoms with Crippen LogP contribution in [0.4, 0.5) is 10.1 Å². The van der Waals surface area contributed by atoms with Crippen molar-refractivity contribution >= 4 is 5.69 Å². The van der Waals surface area contributed by atoms with Gasteiger partial charge in [0.05, 0.1) is 5.60 Å². The van der Waals surface area contributed by atoms with E-state index in [0.29, 0.717) is 12.2 Å². The average Bonchev–Trinajstić information content (AvgIpc) is 2.38. The van der Waals surface area contributed by atoms with Crippen molar-refractivity contribution in [3.63, 3.8) is 0 Å². The third-order valence-electron chi connectivity index (χ3n) is 3.96. The molecule has 3 nitrogen and oxygen atoms in total. The number of hydrogen-bond acceptors (Lipinski definition) is 3. The summed E-state index contributed by atoms with van der Waals surface area (Å²) in [6.07, 6.45) is 6.44. The summed E-state index contributed by atoms with van der Waals surface area (Å²) in [5.74, 6) is 0.255. The Morgan fingerprint density at radius 2 is 2.22 bits per heavy atom. The lowest BCUT2D eigenvalue weighted by molar-refractivity contribution is 0.00229. The summed E-state index contributed by atoms with van der Waals surface area (Å²) in [5.41, 5.74) is 0.0272. The van der Waals surface area contributed by atoms with Crippen molar-refractivity contribution in [1.82, 2.24) is 4.98 Å². The summed E-state index contributed by atoms with van der Waals surface area (Å²) in [7, 11) is 0. The first-order chi connectivity index (χ1) is 8.61. The van der Waals surface area contributed by atoms with E-state index >= 15 is 0 Å². The number of hydrogen-bond donors (Lipinski definition) is 2. The zero-order chi connectivity index (χ0) is 13.0. The van der Waals surface area contributed by atoms with Gasteiger partial charge >= 0.3 is 0 Å². The first kappa shape index (κ1) is 13.3. The molecule has 0 unspecified atom stereocenters. The maximum absolute atomic E-state index is 12.9. The van der Waals surface area contributed by atoms with Crippen LogP contribution in [0, 0.1) is 11.9 Å². The third kappa shape index (κ3) is 3.42. The predicted molar refractivity (Wildman–Crippen MR) is 69.9 cm³/mol. The smallest absolute Gasteiger partial charge is 0.214 e. The summed E-state index contributed by atoms with van der Waals surface area (Å²) in [4.78, 5) is 3.50. The minimum absolute atomic E-state index is 0.479. The highest BCUT2D eigenvalue weighted by molar-refractivity contribution is 5.41. The second-order valence-corrected chi connectivity index (χ2v) is 5.30. The molecule has 1 aliphatic rings. The molecule has 0 radical (unpaired) electrons. The molecular formula is C14H21FN2O. The van der Waals surface area contributed by atoms with Crippen molar-refractivity contribution in [2.24, 2.45) is 5.92 Å². The van der Waals surface area contributed by atoms with Crippen LogP contribution in [-0.2, 0) is 0 Å². The van der Waals surface area contributed by atoms with Crippen molar-refractivity contribution in [2.45, 2.75) is 44.6 Å². The maximum Gasteiger partial charge on any atom is 0.214 e. The Morgan fingerprint density at radius 1 is 1.50 bits per heavy atom. The molecule has 0 spiro atoms. The second kappa shape index (κ2) is 5.65. The molecule has 0 saturated heterocycles. The van der Waals surface area contributed by atoms with Crippen LogP contribution >= 0.6 is 0 Å². The van der Waals surface area contributed by atoms with E-state index in [0.717, 1.165) is 31.6 Å². The van der Waals surface area contributed by atoms with Crippen LogP contribution in [0.15, 0.2) is 18.3 Å². The number of rotatable bonds is 4. The molecule has 1 aromatic heterocycles. The third-order valence-corrected chi connectivity index (χ3v) is 3.96. The number of anilines is 1. The normalized spacial score (nSPS) is 28.1. The van der Waals surface area contributed by atoms with Gasteiger partial charge in [-0.3, -0.25) is 0 Å². The maximum atomic E-state index is 12.9. The fourth-order valence-electron chi connectivity index (χ4n) is 2.58. The minimum atomic E-state index is -0.647. The van der Waals surface area contributed by atoms with Gasteiger partial charge in [-0.25, -0.2) is 4.98 Å². The molecule has 1 aromatic rings. The summed E-state index contributed by atoms with van der Waals surface area (Å²) in [6, 6.07) is 3.06. The van der Waals surface area contributed by atoms with E-state index in [4.69, 9.17) is 0 Å². The summed E-state index contributed by atoms with van der Waals surface area (Å²) >= 11 is 0. The highest BCUT2D eigenvalue weighted by Crippen LogP contribution is 2.33. The molecule has 2 rings (SSSR count). The van der Waals surface area contributed by atoms with Crippen molar-refractivity contribution in [3.05, 3.63) is 24.3 Å². The monoisotopic (exact) mass is 252 g/mol. The van der Waals surface area contributed by atoms with Gasteiger partial charge in [0.25, 0.3) is 0 Å². The number of nitrogens with zero attached hydrogens (tertiary/aromatic N) is 1. The Morgan fingerprint density at radius 3 is 2.83 bits per heavy atom. The van der Waals surface area contributed by atoms with E-state index in [-0.39, 0.29) is 0 Å². The molecular weight excluding hydrogens is 231 g/mol. The number of pyridine rings is 1. The second-order valence-electron chi connectivity index (χ2n) is 5.30. The highest BCUT2D eigenvalue weighted by atomic mass is 19.1. The Bertz CT molecular complexity index is 389. The lowest BCUT2D eigenvalue weighted by Gasteiger charge is -2.36. The van der Waals surface area contributed by atoms with Crippen molar-refractivity contribution < 1.29 is 9.50 Å². The quantitative estimate of drug-likeness (QED) is 0.810. The van der Waals surface area contributed by atoms with Gasteiger partial charge in [-0.15, -0.1) is 0 Å². The molecule has 0 aliphatic heterocycles. The SMILES string of the molecule is CCC1CCC(O)(CNc2ccnc(F)c2)CC1. The fourth-order valence-corrected chi connectivity index (χ4v) is 2.58. The number of nitrogens with one attached hydrogen (secondary N) is 1. The van der Waals surface area contributed by atoms with E-state index < -0.39 is 11.5 Å². The Kier molecular flexibility index (Phi) is 4.17. The molecule has 0 atom stereocenters. The van der Waals surface area contributed by atoms with Crippen LogP contribution in [0.1, 0.15) is 39.0 Å². The standard InChI is InChI=1S/C14H21FN2O/c1-2-11-3-6-14(18,7-4-11)10-17-12-5-8-16-13(15)9-12/h5,8-9,11,18H,2-4,6-7,10H2,1H3,(H,16,17). The molecule has 1 fully saturated rings. The molecule has 1 aliphatic carbocycles. The summed E-state index contributed by atoms with van der Waals surface area (Å²) in [6.45, 7) is 2.68. The number of aromatic nitrogens is 1. The number of aliphatic hydroxyl groups is 1. The lowest BCUT2D eigenvalue weighted by Crippen LogP contribution is -2.40. The zero-order valence-corrected chi connectivity index (χ0v) is 10.8. The van der Waals surface area contributed by atoms with Crippen molar-refractivity contribution in [2.75, 3.05) is 11.9 Å². The fraction of sp³-hybridized carbons (Fsp3) is 0.643. The van der Waals surface area contributed by atoms with Crippen LogP contribution < -0.4 is 5.32 Å². The first-order valence-electron chi connectivity index (χ1n) is 6.69. The van der Waals surface area contributed by atoms with Gasteiger partial charge in [-0.1, -0.05) is 13.3 Å². The Hall–Kier alpha value is -1.16. The predicted octanol–water partition coefficient (Wildman–Crippen LogP) is 2.96. The van der Waals surface area contributed by atoms with Gasteiger partial charge < -0.3 is 10.4 Å². The Labute approximate surface area is 107 Å². The van der Waals surface area contributed by atoms with Crippen LogP contribution in [0.2, 0.25) is 0 Å². The van der Waals surface area contributed by atoms with E-state index in [9.17, 15) is 9.50 Å². The summed E-state index contributed by atoms with van der Waals surface area (Å²) in [5, 5.41) is 13.5. The largest absolute Gasteiger partial charge is 0.388 e. The average molecular weight is 252 g/mol. The first-order valence-corrected chi connectivity index (χ1v) is 6.69. The molecule has 18 heavy (non-hydrogen) atoms.